The summed E-state index contributed by atoms with van der Waals surface area (Å²) in [6.45, 7) is 5.01. The number of aromatic nitrogens is 2. The molecule has 1 aliphatic rings. The van der Waals surface area contributed by atoms with Gasteiger partial charge < -0.3 is 10.2 Å². The van der Waals surface area contributed by atoms with Crippen molar-refractivity contribution >= 4 is 22.4 Å². The minimum Gasteiger partial charge on any atom is -0.363 e. The highest BCUT2D eigenvalue weighted by Crippen LogP contribution is 2.30. The molecule has 0 saturated carbocycles. The Morgan fingerprint density at radius 3 is 2.75 bits per heavy atom. The van der Waals surface area contributed by atoms with Gasteiger partial charge in [0.15, 0.2) is 0 Å². The van der Waals surface area contributed by atoms with Crippen LogP contribution in [0.2, 0.25) is 0 Å². The molecular formula is C10H16N4OS. The fraction of sp³-hybridized carbons (Fsp3) is 0.700. The third-order valence-corrected chi connectivity index (χ3v) is 3.90. The van der Waals surface area contributed by atoms with Gasteiger partial charge in [-0.1, -0.05) is 11.3 Å². The Bertz CT molecular complexity index is 401. The quantitative estimate of drug-likeness (QED) is 0.853. The molecule has 1 N–H and O–H groups in total. The van der Waals surface area contributed by atoms with Gasteiger partial charge in [-0.05, 0) is 26.7 Å². The lowest BCUT2D eigenvalue weighted by Crippen LogP contribution is -2.42. The largest absolute Gasteiger partial charge is 0.363 e. The molecule has 5 nitrogen and oxygen atoms in total. The fourth-order valence-corrected chi connectivity index (χ4v) is 2.66. The first-order valence-corrected chi connectivity index (χ1v) is 6.19. The van der Waals surface area contributed by atoms with Crippen LogP contribution in [-0.2, 0) is 0 Å². The van der Waals surface area contributed by atoms with Gasteiger partial charge in [-0.15, -0.1) is 10.2 Å². The molecule has 1 amide bonds. The predicted octanol–water partition coefficient (Wildman–Crippen LogP) is 1.59. The van der Waals surface area contributed by atoms with Gasteiger partial charge in [0.05, 0.1) is 0 Å². The third kappa shape index (κ3) is 1.89. The minimum atomic E-state index is -0.0530. The molecule has 2 heterocycles. The molecule has 0 aromatic carbocycles. The number of carbonyl (C=O) groups excluding carboxylic acids is 1. The molecule has 1 aromatic rings. The van der Waals surface area contributed by atoms with Crippen molar-refractivity contribution in [1.82, 2.24) is 15.1 Å². The van der Waals surface area contributed by atoms with E-state index in [9.17, 15) is 4.79 Å². The summed E-state index contributed by atoms with van der Waals surface area (Å²) >= 11 is 1.30. The number of amides is 1. The molecule has 2 rings (SSSR count). The van der Waals surface area contributed by atoms with Crippen LogP contribution >= 0.6 is 11.3 Å². The van der Waals surface area contributed by atoms with Gasteiger partial charge in [0.1, 0.15) is 0 Å². The maximum atomic E-state index is 12.2. The van der Waals surface area contributed by atoms with E-state index in [-0.39, 0.29) is 11.4 Å². The normalized spacial score (nSPS) is 18.8. The van der Waals surface area contributed by atoms with Gasteiger partial charge >= 0.3 is 0 Å². The van der Waals surface area contributed by atoms with Crippen LogP contribution in [0.5, 0.6) is 0 Å². The summed E-state index contributed by atoms with van der Waals surface area (Å²) in [5.74, 6) is 0.00139. The highest BCUT2D eigenvalue weighted by molar-refractivity contribution is 7.17. The van der Waals surface area contributed by atoms with Crippen LogP contribution < -0.4 is 5.32 Å². The molecule has 16 heavy (non-hydrogen) atoms. The van der Waals surface area contributed by atoms with Gasteiger partial charge in [0.25, 0.3) is 5.91 Å². The smallest absolute Gasteiger partial charge is 0.285 e. The Hall–Kier alpha value is -1.17. The lowest BCUT2D eigenvalue weighted by Gasteiger charge is -2.30. The molecule has 0 radical (unpaired) electrons. The Morgan fingerprint density at radius 2 is 2.25 bits per heavy atom. The van der Waals surface area contributed by atoms with Crippen LogP contribution in [0.25, 0.3) is 0 Å². The molecule has 88 valence electrons. The van der Waals surface area contributed by atoms with Crippen molar-refractivity contribution in [2.24, 2.45) is 0 Å². The first-order valence-electron chi connectivity index (χ1n) is 5.38. The highest BCUT2D eigenvalue weighted by Gasteiger charge is 2.37. The second-order valence-corrected chi connectivity index (χ2v) is 5.51. The number of hydrogen-bond donors (Lipinski definition) is 1. The average molecular weight is 240 g/mol. The summed E-state index contributed by atoms with van der Waals surface area (Å²) in [6.07, 6.45) is 2.12. The second kappa shape index (κ2) is 4.01. The van der Waals surface area contributed by atoms with E-state index in [0.29, 0.717) is 10.1 Å². The summed E-state index contributed by atoms with van der Waals surface area (Å²) in [7, 11) is 1.77. The first-order chi connectivity index (χ1) is 7.54. The molecule has 1 aliphatic heterocycles. The van der Waals surface area contributed by atoms with E-state index in [1.807, 2.05) is 4.90 Å². The van der Waals surface area contributed by atoms with E-state index in [4.69, 9.17) is 0 Å². The van der Waals surface area contributed by atoms with Crippen molar-refractivity contribution in [2.75, 3.05) is 18.9 Å². The van der Waals surface area contributed by atoms with E-state index in [1.54, 1.807) is 7.05 Å². The standard InChI is InChI=1S/C10H16N4OS/c1-10(2)5-4-6-14(10)8(15)7-12-13-9(11-3)16-7/h4-6H2,1-3H3,(H,11,13). The summed E-state index contributed by atoms with van der Waals surface area (Å²) in [5, 5.41) is 11.8. The average Bonchev–Trinajstić information content (AvgIpc) is 2.82. The van der Waals surface area contributed by atoms with Crippen molar-refractivity contribution in [3.8, 4) is 0 Å². The van der Waals surface area contributed by atoms with Crippen molar-refractivity contribution < 1.29 is 4.79 Å². The van der Waals surface area contributed by atoms with Crippen LogP contribution in [0.15, 0.2) is 0 Å². The van der Waals surface area contributed by atoms with Gasteiger partial charge in [-0.3, -0.25) is 4.79 Å². The van der Waals surface area contributed by atoms with Crippen LogP contribution in [0.4, 0.5) is 5.13 Å². The summed E-state index contributed by atoms with van der Waals surface area (Å²) in [4.78, 5) is 14.1. The van der Waals surface area contributed by atoms with Crippen molar-refractivity contribution in [3.05, 3.63) is 5.01 Å². The summed E-state index contributed by atoms with van der Waals surface area (Å²) in [5.41, 5.74) is -0.0530. The van der Waals surface area contributed by atoms with Gasteiger partial charge in [0, 0.05) is 19.1 Å². The zero-order valence-electron chi connectivity index (χ0n) is 9.78. The van der Waals surface area contributed by atoms with E-state index in [0.717, 1.165) is 19.4 Å². The van der Waals surface area contributed by atoms with Crippen LogP contribution in [0, 0.1) is 0 Å². The highest BCUT2D eigenvalue weighted by atomic mass is 32.1. The van der Waals surface area contributed by atoms with E-state index >= 15 is 0 Å². The lowest BCUT2D eigenvalue weighted by atomic mass is 10.0. The zero-order chi connectivity index (χ0) is 11.8. The predicted molar refractivity (Wildman–Crippen MR) is 63.8 cm³/mol. The third-order valence-electron chi connectivity index (χ3n) is 2.97. The van der Waals surface area contributed by atoms with Crippen molar-refractivity contribution in [3.63, 3.8) is 0 Å². The molecule has 6 heteroatoms. The molecule has 0 aliphatic carbocycles. The van der Waals surface area contributed by atoms with Crippen LogP contribution in [0.3, 0.4) is 0 Å². The number of nitrogens with one attached hydrogen (secondary N) is 1. The number of hydrogen-bond acceptors (Lipinski definition) is 5. The summed E-state index contributed by atoms with van der Waals surface area (Å²) < 4.78 is 0. The lowest BCUT2D eigenvalue weighted by molar-refractivity contribution is 0.0650. The topological polar surface area (TPSA) is 58.1 Å². The number of carbonyl (C=O) groups is 1. The SMILES string of the molecule is CNc1nnc(C(=O)N2CCCC2(C)C)s1. The number of anilines is 1. The fourth-order valence-electron chi connectivity index (χ4n) is 2.01. The van der Waals surface area contributed by atoms with Crippen molar-refractivity contribution in [2.45, 2.75) is 32.2 Å². The maximum absolute atomic E-state index is 12.2. The van der Waals surface area contributed by atoms with Gasteiger partial charge in [-0.2, -0.15) is 0 Å². The second-order valence-electron chi connectivity index (χ2n) is 4.54. The van der Waals surface area contributed by atoms with Gasteiger partial charge in [-0.25, -0.2) is 0 Å². The van der Waals surface area contributed by atoms with E-state index < -0.39 is 0 Å². The van der Waals surface area contributed by atoms with Crippen molar-refractivity contribution in [1.29, 1.82) is 0 Å². The van der Waals surface area contributed by atoms with E-state index in [2.05, 4.69) is 29.4 Å². The Kier molecular flexibility index (Phi) is 2.84. The molecule has 1 fully saturated rings. The number of nitrogens with zero attached hydrogens (tertiary/aromatic N) is 3. The molecule has 1 saturated heterocycles. The molecular weight excluding hydrogens is 224 g/mol. The molecule has 0 unspecified atom stereocenters. The Morgan fingerprint density at radius 1 is 1.50 bits per heavy atom. The monoisotopic (exact) mass is 240 g/mol. The zero-order valence-corrected chi connectivity index (χ0v) is 10.6. The molecule has 0 bridgehead atoms. The van der Waals surface area contributed by atoms with Crippen LogP contribution in [-0.4, -0.2) is 40.1 Å². The Labute approximate surface area is 98.9 Å². The maximum Gasteiger partial charge on any atom is 0.285 e. The van der Waals surface area contributed by atoms with Crippen LogP contribution in [0.1, 0.15) is 36.5 Å². The number of likely N-dealkylation sites (tertiary alicyclic amines) is 1. The van der Waals surface area contributed by atoms with E-state index in [1.165, 1.54) is 11.3 Å². The molecule has 1 aromatic heterocycles. The summed E-state index contributed by atoms with van der Waals surface area (Å²) in [6, 6.07) is 0. The molecule has 0 atom stereocenters. The van der Waals surface area contributed by atoms with Gasteiger partial charge in [0.2, 0.25) is 10.1 Å². The molecule has 0 spiro atoms. The minimum absolute atomic E-state index is 0.00139. The Balaban J connectivity index is 2.19. The first kappa shape index (κ1) is 11.3. The number of rotatable bonds is 2.